The van der Waals surface area contributed by atoms with Gasteiger partial charge in [0, 0.05) is 18.5 Å². The molecule has 0 aliphatic heterocycles. The summed E-state index contributed by atoms with van der Waals surface area (Å²) < 4.78 is 0. The second kappa shape index (κ2) is 4.68. The highest BCUT2D eigenvalue weighted by atomic mass is 16.1. The third-order valence-electron chi connectivity index (χ3n) is 3.17. The fourth-order valence-corrected chi connectivity index (χ4v) is 2.30. The fourth-order valence-electron chi connectivity index (χ4n) is 2.30. The lowest BCUT2D eigenvalue weighted by atomic mass is 10.1. The number of H-pyrrole nitrogens is 1. The van der Waals surface area contributed by atoms with Gasteiger partial charge in [0.1, 0.15) is 11.6 Å². The van der Waals surface area contributed by atoms with Crippen molar-refractivity contribution in [1.29, 1.82) is 0 Å². The van der Waals surface area contributed by atoms with E-state index < -0.39 is 0 Å². The molecule has 1 heterocycles. The van der Waals surface area contributed by atoms with Crippen LogP contribution in [0.4, 0.5) is 5.82 Å². The molecule has 88 valence electrons. The fraction of sp³-hybridized carbons (Fsp3) is 0.667. The van der Waals surface area contributed by atoms with Gasteiger partial charge in [-0.25, -0.2) is 4.98 Å². The number of nitrogens with one attached hydrogen (secondary N) is 2. The van der Waals surface area contributed by atoms with E-state index in [4.69, 9.17) is 0 Å². The van der Waals surface area contributed by atoms with Crippen LogP contribution in [0.3, 0.4) is 0 Å². The molecule has 1 aliphatic carbocycles. The number of aryl methyl sites for hydroxylation is 1. The first-order valence-electron chi connectivity index (χ1n) is 6.04. The summed E-state index contributed by atoms with van der Waals surface area (Å²) in [5.74, 6) is 2.26. The molecule has 1 aromatic rings. The molecule has 2 unspecified atom stereocenters. The van der Waals surface area contributed by atoms with Crippen molar-refractivity contribution in [3.8, 4) is 0 Å². The van der Waals surface area contributed by atoms with Crippen molar-refractivity contribution >= 4 is 5.82 Å². The van der Waals surface area contributed by atoms with Crippen LogP contribution in [0.1, 0.15) is 38.9 Å². The summed E-state index contributed by atoms with van der Waals surface area (Å²) in [5, 5.41) is 3.36. The highest BCUT2D eigenvalue weighted by molar-refractivity contribution is 5.34. The molecule has 2 N–H and O–H groups in total. The Bertz CT molecular complexity index is 413. The van der Waals surface area contributed by atoms with Crippen molar-refractivity contribution in [2.75, 3.05) is 5.32 Å². The van der Waals surface area contributed by atoms with Crippen LogP contribution in [0.15, 0.2) is 10.9 Å². The molecule has 0 aromatic carbocycles. The zero-order valence-corrected chi connectivity index (χ0v) is 9.92. The number of anilines is 1. The summed E-state index contributed by atoms with van der Waals surface area (Å²) in [7, 11) is 0. The molecule has 2 rings (SSSR count). The topological polar surface area (TPSA) is 57.8 Å². The molecular weight excluding hydrogens is 202 g/mol. The van der Waals surface area contributed by atoms with Gasteiger partial charge in [0.25, 0.3) is 5.56 Å². The van der Waals surface area contributed by atoms with Crippen molar-refractivity contribution in [2.45, 2.75) is 45.6 Å². The average Bonchev–Trinajstić information content (AvgIpc) is 2.63. The smallest absolute Gasteiger partial charge is 0.252 e. The van der Waals surface area contributed by atoms with Gasteiger partial charge in [-0.1, -0.05) is 13.8 Å². The molecule has 1 aromatic heterocycles. The van der Waals surface area contributed by atoms with Crippen LogP contribution in [0, 0.1) is 5.92 Å². The summed E-state index contributed by atoms with van der Waals surface area (Å²) in [6.45, 7) is 4.25. The van der Waals surface area contributed by atoms with Crippen LogP contribution in [0.2, 0.25) is 0 Å². The first kappa shape index (κ1) is 11.2. The molecule has 0 bridgehead atoms. The van der Waals surface area contributed by atoms with Gasteiger partial charge in [0.2, 0.25) is 0 Å². The van der Waals surface area contributed by atoms with Crippen LogP contribution >= 0.6 is 0 Å². The highest BCUT2D eigenvalue weighted by Gasteiger charge is 2.21. The maximum absolute atomic E-state index is 11.4. The van der Waals surface area contributed by atoms with Crippen molar-refractivity contribution in [1.82, 2.24) is 9.97 Å². The Kier molecular flexibility index (Phi) is 3.27. The molecule has 2 atom stereocenters. The molecular formula is C12H19N3O. The Hall–Kier alpha value is -1.32. The number of hydrogen-bond acceptors (Lipinski definition) is 3. The summed E-state index contributed by atoms with van der Waals surface area (Å²) in [4.78, 5) is 18.5. The van der Waals surface area contributed by atoms with E-state index in [-0.39, 0.29) is 5.56 Å². The van der Waals surface area contributed by atoms with Crippen LogP contribution in [-0.2, 0) is 6.42 Å². The molecule has 0 amide bonds. The molecule has 1 aliphatic rings. The number of rotatable bonds is 3. The average molecular weight is 221 g/mol. The number of aromatic amines is 1. The molecule has 1 fully saturated rings. The lowest BCUT2D eigenvalue weighted by Gasteiger charge is -2.13. The molecule has 1 saturated carbocycles. The van der Waals surface area contributed by atoms with E-state index >= 15 is 0 Å². The Morgan fingerprint density at radius 1 is 1.56 bits per heavy atom. The summed E-state index contributed by atoms with van der Waals surface area (Å²) in [6.07, 6.45) is 4.38. The Morgan fingerprint density at radius 2 is 2.38 bits per heavy atom. The first-order chi connectivity index (χ1) is 7.67. The number of nitrogens with zero attached hydrogens (tertiary/aromatic N) is 1. The van der Waals surface area contributed by atoms with Crippen LogP contribution in [-0.4, -0.2) is 16.0 Å². The molecule has 0 saturated heterocycles. The monoisotopic (exact) mass is 221 g/mol. The van der Waals surface area contributed by atoms with Crippen molar-refractivity contribution in [2.24, 2.45) is 5.92 Å². The van der Waals surface area contributed by atoms with E-state index in [1.165, 1.54) is 19.3 Å². The molecule has 4 nitrogen and oxygen atoms in total. The number of aromatic nitrogens is 2. The van der Waals surface area contributed by atoms with E-state index in [0.29, 0.717) is 6.04 Å². The first-order valence-corrected chi connectivity index (χ1v) is 6.04. The van der Waals surface area contributed by atoms with Gasteiger partial charge in [0.05, 0.1) is 0 Å². The largest absolute Gasteiger partial charge is 0.367 e. The summed E-state index contributed by atoms with van der Waals surface area (Å²) >= 11 is 0. The second-order valence-electron chi connectivity index (χ2n) is 4.69. The summed E-state index contributed by atoms with van der Waals surface area (Å²) in [6, 6.07) is 2.02. The second-order valence-corrected chi connectivity index (χ2v) is 4.69. The van der Waals surface area contributed by atoms with Gasteiger partial charge in [-0.05, 0) is 25.2 Å². The van der Waals surface area contributed by atoms with Gasteiger partial charge in [-0.2, -0.15) is 0 Å². The van der Waals surface area contributed by atoms with E-state index in [0.717, 1.165) is 24.0 Å². The van der Waals surface area contributed by atoms with E-state index in [2.05, 4.69) is 22.2 Å². The molecule has 0 radical (unpaired) electrons. The van der Waals surface area contributed by atoms with Crippen molar-refractivity contribution in [3.05, 3.63) is 22.2 Å². The lowest BCUT2D eigenvalue weighted by Crippen LogP contribution is -2.20. The van der Waals surface area contributed by atoms with E-state index in [9.17, 15) is 4.79 Å². The molecule has 16 heavy (non-hydrogen) atoms. The zero-order chi connectivity index (χ0) is 11.5. The van der Waals surface area contributed by atoms with Crippen molar-refractivity contribution in [3.63, 3.8) is 0 Å². The van der Waals surface area contributed by atoms with E-state index in [1.54, 1.807) is 6.07 Å². The Morgan fingerprint density at radius 3 is 3.00 bits per heavy atom. The van der Waals surface area contributed by atoms with Gasteiger partial charge in [-0.15, -0.1) is 0 Å². The van der Waals surface area contributed by atoms with Gasteiger partial charge >= 0.3 is 0 Å². The predicted octanol–water partition coefficient (Wildman–Crippen LogP) is 1.93. The van der Waals surface area contributed by atoms with E-state index in [1.807, 2.05) is 6.92 Å². The Balaban J connectivity index is 2.09. The van der Waals surface area contributed by atoms with Gasteiger partial charge in [0.15, 0.2) is 0 Å². The predicted molar refractivity (Wildman–Crippen MR) is 64.7 cm³/mol. The SMILES string of the molecule is CCc1nc(NC2CCC(C)C2)cc(=O)[nH]1. The third-order valence-corrected chi connectivity index (χ3v) is 3.17. The minimum atomic E-state index is -0.0691. The van der Waals surface area contributed by atoms with Crippen molar-refractivity contribution < 1.29 is 0 Å². The third kappa shape index (κ3) is 2.62. The van der Waals surface area contributed by atoms with Crippen LogP contribution in [0.5, 0.6) is 0 Å². The maximum Gasteiger partial charge on any atom is 0.252 e. The Labute approximate surface area is 95.5 Å². The zero-order valence-electron chi connectivity index (χ0n) is 9.92. The quantitative estimate of drug-likeness (QED) is 0.820. The van der Waals surface area contributed by atoms with Gasteiger partial charge < -0.3 is 10.3 Å². The highest BCUT2D eigenvalue weighted by Crippen LogP contribution is 2.26. The lowest BCUT2D eigenvalue weighted by molar-refractivity contribution is 0.602. The summed E-state index contributed by atoms with van der Waals surface area (Å²) in [5.41, 5.74) is -0.0691. The minimum Gasteiger partial charge on any atom is -0.367 e. The minimum absolute atomic E-state index is 0.0691. The van der Waals surface area contributed by atoms with Gasteiger partial charge in [-0.3, -0.25) is 4.79 Å². The van der Waals surface area contributed by atoms with Crippen LogP contribution < -0.4 is 10.9 Å². The molecule has 4 heteroatoms. The standard InChI is InChI=1S/C12H19N3O/c1-3-10-14-11(7-12(16)15-10)13-9-5-4-8(2)6-9/h7-9H,3-6H2,1-2H3,(H2,13,14,15,16). The normalized spacial score (nSPS) is 24.6. The maximum atomic E-state index is 11.4. The van der Waals surface area contributed by atoms with Crippen LogP contribution in [0.25, 0.3) is 0 Å². The number of hydrogen-bond donors (Lipinski definition) is 2. The molecule has 0 spiro atoms.